The summed E-state index contributed by atoms with van der Waals surface area (Å²) >= 11 is 0. The SMILES string of the molecule is CCC1CC(C(=O)N2CCN(c3ccccc3OC)C(=O)C2)NN1. The number of hydrazine groups is 1. The Morgan fingerprint density at radius 2 is 2.08 bits per heavy atom. The molecule has 3 rings (SSSR count). The summed E-state index contributed by atoms with van der Waals surface area (Å²) in [6.07, 6.45) is 1.73. The van der Waals surface area contributed by atoms with E-state index >= 15 is 0 Å². The van der Waals surface area contributed by atoms with E-state index in [4.69, 9.17) is 4.74 Å². The van der Waals surface area contributed by atoms with Crippen molar-refractivity contribution in [3.63, 3.8) is 0 Å². The monoisotopic (exact) mass is 332 g/mol. The molecule has 1 aromatic rings. The van der Waals surface area contributed by atoms with Crippen LogP contribution in [0, 0.1) is 0 Å². The highest BCUT2D eigenvalue weighted by Gasteiger charge is 2.35. The second kappa shape index (κ2) is 7.19. The molecule has 0 spiro atoms. The minimum Gasteiger partial charge on any atom is -0.495 e. The lowest BCUT2D eigenvalue weighted by atomic mass is 10.1. The summed E-state index contributed by atoms with van der Waals surface area (Å²) in [5, 5.41) is 0. The number of hydrogen-bond donors (Lipinski definition) is 2. The van der Waals surface area contributed by atoms with E-state index in [0.29, 0.717) is 24.9 Å². The number of piperazine rings is 1. The van der Waals surface area contributed by atoms with Crippen molar-refractivity contribution in [2.75, 3.05) is 31.6 Å². The number of hydrogen-bond acceptors (Lipinski definition) is 5. The van der Waals surface area contributed by atoms with Crippen LogP contribution in [0.5, 0.6) is 5.75 Å². The summed E-state index contributed by atoms with van der Waals surface area (Å²) in [4.78, 5) is 28.5. The quantitative estimate of drug-likeness (QED) is 0.841. The molecule has 2 aliphatic heterocycles. The third-order valence-corrected chi connectivity index (χ3v) is 4.68. The molecule has 0 aliphatic carbocycles. The van der Waals surface area contributed by atoms with E-state index in [2.05, 4.69) is 17.8 Å². The smallest absolute Gasteiger partial charge is 0.246 e. The molecule has 7 heteroatoms. The molecule has 2 fully saturated rings. The van der Waals surface area contributed by atoms with E-state index in [9.17, 15) is 9.59 Å². The first-order chi connectivity index (χ1) is 11.6. The van der Waals surface area contributed by atoms with Gasteiger partial charge in [-0.25, -0.2) is 5.43 Å². The van der Waals surface area contributed by atoms with Crippen LogP contribution in [-0.4, -0.2) is 55.5 Å². The Labute approximate surface area is 141 Å². The molecular weight excluding hydrogens is 308 g/mol. The minimum atomic E-state index is -0.249. The van der Waals surface area contributed by atoms with Crippen LogP contribution < -0.4 is 20.5 Å². The lowest BCUT2D eigenvalue weighted by molar-refractivity contribution is -0.138. The third kappa shape index (κ3) is 3.22. The van der Waals surface area contributed by atoms with Gasteiger partial charge in [-0.1, -0.05) is 19.1 Å². The molecule has 0 radical (unpaired) electrons. The Hall–Kier alpha value is -2.12. The molecule has 2 unspecified atom stereocenters. The first-order valence-corrected chi connectivity index (χ1v) is 8.37. The number of carbonyl (C=O) groups excluding carboxylic acids is 2. The standard InChI is InChI=1S/C17H24N4O3/c1-3-12-10-13(19-18-12)17(23)20-8-9-21(16(22)11-20)14-6-4-5-7-15(14)24-2/h4-7,12-13,18-19H,3,8-11H2,1-2H3. The molecule has 2 aliphatic rings. The van der Waals surface area contributed by atoms with Crippen molar-refractivity contribution in [1.82, 2.24) is 15.8 Å². The molecule has 2 heterocycles. The molecule has 7 nitrogen and oxygen atoms in total. The first-order valence-electron chi connectivity index (χ1n) is 8.37. The van der Waals surface area contributed by atoms with Crippen LogP contribution in [0.3, 0.4) is 0 Å². The van der Waals surface area contributed by atoms with Gasteiger partial charge in [0.25, 0.3) is 0 Å². The van der Waals surface area contributed by atoms with Crippen LogP contribution in [0.25, 0.3) is 0 Å². The Morgan fingerprint density at radius 3 is 2.75 bits per heavy atom. The van der Waals surface area contributed by atoms with Gasteiger partial charge in [0.05, 0.1) is 12.8 Å². The van der Waals surface area contributed by atoms with E-state index in [0.717, 1.165) is 18.5 Å². The average Bonchev–Trinajstić information content (AvgIpc) is 3.10. The zero-order valence-corrected chi connectivity index (χ0v) is 14.1. The van der Waals surface area contributed by atoms with E-state index in [1.807, 2.05) is 24.3 Å². The molecule has 2 amide bonds. The van der Waals surface area contributed by atoms with Gasteiger partial charge >= 0.3 is 0 Å². The first kappa shape index (κ1) is 16.7. The molecular formula is C17H24N4O3. The van der Waals surface area contributed by atoms with Crippen molar-refractivity contribution in [2.45, 2.75) is 31.8 Å². The lowest BCUT2D eigenvalue weighted by Gasteiger charge is -2.35. The van der Waals surface area contributed by atoms with Crippen molar-refractivity contribution >= 4 is 17.5 Å². The van der Waals surface area contributed by atoms with E-state index in [1.54, 1.807) is 16.9 Å². The van der Waals surface area contributed by atoms with Gasteiger partial charge in [-0.2, -0.15) is 0 Å². The van der Waals surface area contributed by atoms with E-state index in [1.165, 1.54) is 0 Å². The fraction of sp³-hybridized carbons (Fsp3) is 0.529. The highest BCUT2D eigenvalue weighted by Crippen LogP contribution is 2.29. The second-order valence-electron chi connectivity index (χ2n) is 6.16. The maximum Gasteiger partial charge on any atom is 0.246 e. The topological polar surface area (TPSA) is 73.9 Å². The zero-order chi connectivity index (χ0) is 17.1. The Bertz CT molecular complexity index is 622. The third-order valence-electron chi connectivity index (χ3n) is 4.68. The molecule has 0 saturated carbocycles. The molecule has 24 heavy (non-hydrogen) atoms. The second-order valence-corrected chi connectivity index (χ2v) is 6.16. The summed E-state index contributed by atoms with van der Waals surface area (Å²) in [6, 6.07) is 7.50. The van der Waals surface area contributed by atoms with Gasteiger partial charge < -0.3 is 14.5 Å². The maximum atomic E-state index is 12.6. The van der Waals surface area contributed by atoms with Gasteiger partial charge in [0.1, 0.15) is 18.3 Å². The van der Waals surface area contributed by atoms with Gasteiger partial charge in [0.2, 0.25) is 11.8 Å². The molecule has 2 atom stereocenters. The highest BCUT2D eigenvalue weighted by atomic mass is 16.5. The fourth-order valence-corrected chi connectivity index (χ4v) is 3.24. The van der Waals surface area contributed by atoms with Crippen LogP contribution in [-0.2, 0) is 9.59 Å². The van der Waals surface area contributed by atoms with Gasteiger partial charge in [-0.3, -0.25) is 15.0 Å². The zero-order valence-electron chi connectivity index (χ0n) is 14.1. The van der Waals surface area contributed by atoms with Crippen LogP contribution in [0.15, 0.2) is 24.3 Å². The Balaban J connectivity index is 1.65. The highest BCUT2D eigenvalue weighted by molar-refractivity contribution is 5.99. The van der Waals surface area contributed by atoms with Gasteiger partial charge in [-0.15, -0.1) is 0 Å². The molecule has 0 aromatic heterocycles. The van der Waals surface area contributed by atoms with Crippen LogP contribution in [0.4, 0.5) is 5.69 Å². The normalized spacial score (nSPS) is 24.3. The molecule has 2 N–H and O–H groups in total. The summed E-state index contributed by atoms with van der Waals surface area (Å²) < 4.78 is 5.33. The van der Waals surface area contributed by atoms with Crippen LogP contribution >= 0.6 is 0 Å². The number of carbonyl (C=O) groups is 2. The average molecular weight is 332 g/mol. The van der Waals surface area contributed by atoms with Crippen LogP contribution in [0.1, 0.15) is 19.8 Å². The molecule has 1 aromatic carbocycles. The molecule has 130 valence electrons. The number of methoxy groups -OCH3 is 1. The summed E-state index contributed by atoms with van der Waals surface area (Å²) in [7, 11) is 1.59. The van der Waals surface area contributed by atoms with Gasteiger partial charge in [0, 0.05) is 19.1 Å². The number of nitrogens with one attached hydrogen (secondary N) is 2. The van der Waals surface area contributed by atoms with Gasteiger partial charge in [-0.05, 0) is 25.0 Å². The number of para-hydroxylation sites is 2. The summed E-state index contributed by atoms with van der Waals surface area (Å²) in [6.45, 7) is 3.19. The van der Waals surface area contributed by atoms with Crippen molar-refractivity contribution in [3.05, 3.63) is 24.3 Å². The maximum absolute atomic E-state index is 12.6. The van der Waals surface area contributed by atoms with E-state index < -0.39 is 0 Å². The molecule has 2 saturated heterocycles. The van der Waals surface area contributed by atoms with Crippen LogP contribution in [0.2, 0.25) is 0 Å². The predicted molar refractivity (Wildman–Crippen MR) is 90.7 cm³/mol. The minimum absolute atomic E-state index is 0.00789. The lowest BCUT2D eigenvalue weighted by Crippen LogP contribution is -2.56. The fourth-order valence-electron chi connectivity index (χ4n) is 3.24. The number of amides is 2. The predicted octanol–water partition coefficient (Wildman–Crippen LogP) is 0.516. The largest absolute Gasteiger partial charge is 0.495 e. The van der Waals surface area contributed by atoms with E-state index in [-0.39, 0.29) is 24.4 Å². The number of benzene rings is 1. The number of rotatable bonds is 4. The van der Waals surface area contributed by atoms with Gasteiger partial charge in [0.15, 0.2) is 0 Å². The van der Waals surface area contributed by atoms with Crippen molar-refractivity contribution < 1.29 is 14.3 Å². The number of nitrogens with zero attached hydrogens (tertiary/aromatic N) is 2. The summed E-state index contributed by atoms with van der Waals surface area (Å²) in [5.74, 6) is 0.571. The van der Waals surface area contributed by atoms with Crippen molar-refractivity contribution in [1.29, 1.82) is 0 Å². The number of ether oxygens (including phenoxy) is 1. The summed E-state index contributed by atoms with van der Waals surface area (Å²) in [5.41, 5.74) is 6.93. The number of anilines is 1. The van der Waals surface area contributed by atoms with Crippen molar-refractivity contribution in [3.8, 4) is 5.75 Å². The Kier molecular flexibility index (Phi) is 5.01. The molecule has 0 bridgehead atoms. The van der Waals surface area contributed by atoms with Crippen molar-refractivity contribution in [2.24, 2.45) is 0 Å². The Morgan fingerprint density at radius 1 is 1.29 bits per heavy atom.